The minimum absolute atomic E-state index is 0.213. The molecule has 0 atom stereocenters. The fourth-order valence-electron chi connectivity index (χ4n) is 1.72. The van der Waals surface area contributed by atoms with Crippen molar-refractivity contribution in [3.05, 3.63) is 35.4 Å². The maximum atomic E-state index is 12.0. The number of hydrogen-bond donors (Lipinski definition) is 0. The lowest BCUT2D eigenvalue weighted by atomic mass is 10.1. The van der Waals surface area contributed by atoms with Gasteiger partial charge in [-0.25, -0.2) is 9.69 Å². The number of rotatable bonds is 1. The van der Waals surface area contributed by atoms with Crippen LogP contribution in [0.25, 0.3) is 5.57 Å². The highest BCUT2D eigenvalue weighted by atomic mass is 35.5. The van der Waals surface area contributed by atoms with Crippen LogP contribution in [0.5, 0.6) is 0 Å². The molecule has 5 heteroatoms. The molecule has 0 N–H and O–H groups in total. The Bertz CT molecular complexity index is 510. The van der Waals surface area contributed by atoms with Crippen molar-refractivity contribution in [3.63, 3.8) is 0 Å². The number of nitrogens with zero attached hydrogens (tertiary/aromatic N) is 1. The number of halogens is 1. The Morgan fingerprint density at radius 2 is 2.18 bits per heavy atom. The number of amides is 2. The van der Waals surface area contributed by atoms with E-state index in [1.54, 1.807) is 31.2 Å². The van der Waals surface area contributed by atoms with Gasteiger partial charge < -0.3 is 4.74 Å². The molecule has 2 rings (SSSR count). The maximum Gasteiger partial charge on any atom is 0.421 e. The van der Waals surface area contributed by atoms with Crippen LogP contribution in [0.15, 0.2) is 29.8 Å². The van der Waals surface area contributed by atoms with Crippen LogP contribution in [0.3, 0.4) is 0 Å². The third kappa shape index (κ3) is 1.80. The van der Waals surface area contributed by atoms with Crippen LogP contribution in [0.2, 0.25) is 0 Å². The number of anilines is 1. The second kappa shape index (κ2) is 4.59. The summed E-state index contributed by atoms with van der Waals surface area (Å²) in [7, 11) is 0. The molecule has 0 aromatic heterocycles. The van der Waals surface area contributed by atoms with Crippen molar-refractivity contribution in [1.82, 2.24) is 0 Å². The van der Waals surface area contributed by atoms with Crippen LogP contribution >= 0.6 is 11.6 Å². The molecule has 1 aromatic rings. The van der Waals surface area contributed by atoms with Crippen molar-refractivity contribution < 1.29 is 14.3 Å². The summed E-state index contributed by atoms with van der Waals surface area (Å²) in [4.78, 5) is 24.7. The summed E-state index contributed by atoms with van der Waals surface area (Å²) < 4.78 is 4.84. The Labute approximate surface area is 103 Å². The SMILES string of the molecule is CCOC(=O)N1C(=O)/C(=C/Cl)c2ccccc21. The average Bonchev–Trinajstić information content (AvgIpc) is 2.61. The Balaban J connectivity index is 2.50. The third-order valence-corrected chi connectivity index (χ3v) is 2.65. The molecule has 0 unspecified atom stereocenters. The molecule has 17 heavy (non-hydrogen) atoms. The van der Waals surface area contributed by atoms with E-state index in [-0.39, 0.29) is 6.61 Å². The fraction of sp³-hybridized carbons (Fsp3) is 0.167. The van der Waals surface area contributed by atoms with Crippen LogP contribution in [-0.2, 0) is 9.53 Å². The van der Waals surface area contributed by atoms with E-state index in [1.165, 1.54) is 5.54 Å². The van der Waals surface area contributed by atoms with Gasteiger partial charge in [-0.1, -0.05) is 29.8 Å². The molecule has 0 saturated heterocycles. The first-order chi connectivity index (χ1) is 8.20. The lowest BCUT2D eigenvalue weighted by Crippen LogP contribution is -2.33. The monoisotopic (exact) mass is 251 g/mol. The van der Waals surface area contributed by atoms with Crippen molar-refractivity contribution in [2.75, 3.05) is 11.5 Å². The summed E-state index contributed by atoms with van der Waals surface area (Å²) in [5.41, 5.74) is 2.62. The van der Waals surface area contributed by atoms with Gasteiger partial charge in [-0.3, -0.25) is 4.79 Å². The molecule has 2 amide bonds. The quantitative estimate of drug-likeness (QED) is 0.721. The second-order valence-corrected chi connectivity index (χ2v) is 3.60. The van der Waals surface area contributed by atoms with Gasteiger partial charge in [0.05, 0.1) is 17.9 Å². The third-order valence-electron chi connectivity index (χ3n) is 2.43. The second-order valence-electron chi connectivity index (χ2n) is 3.38. The van der Waals surface area contributed by atoms with E-state index in [0.29, 0.717) is 16.8 Å². The van der Waals surface area contributed by atoms with E-state index in [9.17, 15) is 9.59 Å². The normalized spacial score (nSPS) is 16.2. The summed E-state index contributed by atoms with van der Waals surface area (Å²) in [6, 6.07) is 6.94. The highest BCUT2D eigenvalue weighted by molar-refractivity contribution is 6.44. The standard InChI is InChI=1S/C12H10ClNO3/c1-2-17-12(16)14-10-6-4-3-5-8(10)9(7-13)11(14)15/h3-7H,2H2,1H3/b9-7+. The number of carbonyl (C=O) groups excluding carboxylic acids is 2. The smallest absolute Gasteiger partial charge is 0.421 e. The van der Waals surface area contributed by atoms with E-state index in [1.807, 2.05) is 0 Å². The number of imide groups is 1. The number of hydrogen-bond acceptors (Lipinski definition) is 3. The number of para-hydroxylation sites is 1. The number of carbonyl (C=O) groups is 2. The zero-order valence-corrected chi connectivity index (χ0v) is 9.90. The van der Waals surface area contributed by atoms with Crippen molar-refractivity contribution >= 4 is 34.9 Å². The molecule has 1 heterocycles. The summed E-state index contributed by atoms with van der Waals surface area (Å²) in [5.74, 6) is -0.459. The van der Waals surface area contributed by atoms with Crippen LogP contribution in [0.1, 0.15) is 12.5 Å². The molecule has 0 aliphatic carbocycles. The van der Waals surface area contributed by atoms with Crippen molar-refractivity contribution in [2.24, 2.45) is 0 Å². The van der Waals surface area contributed by atoms with Gasteiger partial charge in [0.2, 0.25) is 0 Å². The van der Waals surface area contributed by atoms with E-state index >= 15 is 0 Å². The molecule has 0 spiro atoms. The predicted molar refractivity (Wildman–Crippen MR) is 64.8 cm³/mol. The van der Waals surface area contributed by atoms with Gasteiger partial charge in [-0.2, -0.15) is 0 Å². The summed E-state index contributed by atoms with van der Waals surface area (Å²) in [5, 5.41) is 0. The lowest BCUT2D eigenvalue weighted by molar-refractivity contribution is -0.112. The van der Waals surface area contributed by atoms with Crippen LogP contribution < -0.4 is 4.90 Å². The van der Waals surface area contributed by atoms with E-state index in [4.69, 9.17) is 16.3 Å². The highest BCUT2D eigenvalue weighted by Crippen LogP contribution is 2.37. The van der Waals surface area contributed by atoms with Gasteiger partial charge in [0.1, 0.15) is 0 Å². The first kappa shape index (κ1) is 11.7. The highest BCUT2D eigenvalue weighted by Gasteiger charge is 2.37. The zero-order chi connectivity index (χ0) is 12.4. The molecule has 1 aliphatic rings. The van der Waals surface area contributed by atoms with E-state index in [2.05, 4.69) is 0 Å². The molecule has 0 radical (unpaired) electrons. The number of fused-ring (bicyclic) bond motifs is 1. The molecule has 0 bridgehead atoms. The van der Waals surface area contributed by atoms with Gasteiger partial charge >= 0.3 is 6.09 Å². The summed E-state index contributed by atoms with van der Waals surface area (Å²) in [6.07, 6.45) is -0.682. The zero-order valence-electron chi connectivity index (χ0n) is 9.14. The molecule has 88 valence electrons. The average molecular weight is 252 g/mol. The maximum absolute atomic E-state index is 12.0. The molecular weight excluding hydrogens is 242 g/mol. The van der Waals surface area contributed by atoms with Gasteiger partial charge in [0, 0.05) is 11.1 Å². The minimum Gasteiger partial charge on any atom is -0.449 e. The molecule has 4 nitrogen and oxygen atoms in total. The Kier molecular flexibility index (Phi) is 3.15. The van der Waals surface area contributed by atoms with Crippen molar-refractivity contribution in [2.45, 2.75) is 6.92 Å². The minimum atomic E-state index is -0.682. The first-order valence-corrected chi connectivity index (χ1v) is 5.55. The lowest BCUT2D eigenvalue weighted by Gasteiger charge is -2.13. The van der Waals surface area contributed by atoms with Crippen molar-refractivity contribution in [3.8, 4) is 0 Å². The van der Waals surface area contributed by atoms with Crippen LogP contribution in [0, 0.1) is 0 Å². The van der Waals surface area contributed by atoms with Gasteiger partial charge in [-0.15, -0.1) is 0 Å². The number of ether oxygens (including phenoxy) is 1. The Hall–Kier alpha value is -1.81. The molecule has 1 aromatic carbocycles. The first-order valence-electron chi connectivity index (χ1n) is 5.11. The van der Waals surface area contributed by atoms with E-state index in [0.717, 1.165) is 4.90 Å². The van der Waals surface area contributed by atoms with E-state index < -0.39 is 12.0 Å². The fourth-order valence-corrected chi connectivity index (χ4v) is 1.93. The van der Waals surface area contributed by atoms with Gasteiger partial charge in [0.25, 0.3) is 5.91 Å². The molecular formula is C12H10ClNO3. The van der Waals surface area contributed by atoms with Gasteiger partial charge in [0.15, 0.2) is 0 Å². The topological polar surface area (TPSA) is 46.6 Å². The summed E-state index contributed by atoms with van der Waals surface area (Å²) >= 11 is 5.62. The predicted octanol–water partition coefficient (Wildman–Crippen LogP) is 2.77. The van der Waals surface area contributed by atoms with Gasteiger partial charge in [-0.05, 0) is 13.0 Å². The van der Waals surface area contributed by atoms with Crippen molar-refractivity contribution in [1.29, 1.82) is 0 Å². The molecule has 1 aliphatic heterocycles. The molecule has 0 fully saturated rings. The number of benzene rings is 1. The Morgan fingerprint density at radius 1 is 1.47 bits per heavy atom. The molecule has 0 saturated carbocycles. The largest absolute Gasteiger partial charge is 0.449 e. The summed E-state index contributed by atoms with van der Waals surface area (Å²) in [6.45, 7) is 1.90. The van der Waals surface area contributed by atoms with Crippen LogP contribution in [0.4, 0.5) is 10.5 Å². The van der Waals surface area contributed by atoms with Crippen LogP contribution in [-0.4, -0.2) is 18.6 Å². The Morgan fingerprint density at radius 3 is 2.82 bits per heavy atom.